The van der Waals surface area contributed by atoms with Gasteiger partial charge >= 0.3 is 0 Å². The third kappa shape index (κ3) is 6.51. The Morgan fingerprint density at radius 1 is 1.46 bits per heavy atom. The molecule has 0 spiro atoms. The Balaban J connectivity index is 3.63. The van der Waals surface area contributed by atoms with Gasteiger partial charge in [0.2, 0.25) is 5.91 Å². The zero-order valence-corrected chi connectivity index (χ0v) is 9.19. The van der Waals surface area contributed by atoms with Gasteiger partial charge in [-0.25, -0.2) is 0 Å². The molecule has 4 heteroatoms. The van der Waals surface area contributed by atoms with Crippen LogP contribution >= 0.6 is 12.2 Å². The summed E-state index contributed by atoms with van der Waals surface area (Å²) in [5, 5.41) is 0. The minimum absolute atomic E-state index is 0.126. The number of hydrogen-bond donors (Lipinski definition) is 1. The Labute approximate surface area is 85.3 Å². The van der Waals surface area contributed by atoms with E-state index in [2.05, 4.69) is 6.92 Å². The first-order valence-corrected chi connectivity index (χ1v) is 5.01. The maximum absolute atomic E-state index is 11.4. The van der Waals surface area contributed by atoms with Gasteiger partial charge in [0.05, 0.1) is 4.99 Å². The number of carbonyl (C=O) groups is 1. The second-order valence-electron chi connectivity index (χ2n) is 3.14. The van der Waals surface area contributed by atoms with Crippen LogP contribution in [0.4, 0.5) is 0 Å². The fourth-order valence-electron chi connectivity index (χ4n) is 0.941. The van der Waals surface area contributed by atoms with E-state index in [1.807, 2.05) is 7.05 Å². The highest BCUT2D eigenvalue weighted by molar-refractivity contribution is 7.80. The van der Waals surface area contributed by atoms with Crippen LogP contribution in [0.3, 0.4) is 0 Å². The Morgan fingerprint density at radius 2 is 2.08 bits per heavy atom. The summed E-state index contributed by atoms with van der Waals surface area (Å²) in [6.45, 7) is 2.93. The number of carbonyl (C=O) groups excluding carboxylic acids is 1. The van der Waals surface area contributed by atoms with Crippen molar-refractivity contribution in [1.29, 1.82) is 0 Å². The fourth-order valence-corrected chi connectivity index (χ4v) is 1.04. The van der Waals surface area contributed by atoms with Crippen molar-refractivity contribution in [3.8, 4) is 0 Å². The summed E-state index contributed by atoms with van der Waals surface area (Å²) in [6, 6.07) is 0. The van der Waals surface area contributed by atoms with Gasteiger partial charge in [-0.05, 0) is 6.42 Å². The molecule has 0 aliphatic carbocycles. The van der Waals surface area contributed by atoms with Crippen LogP contribution < -0.4 is 5.73 Å². The van der Waals surface area contributed by atoms with E-state index in [0.717, 1.165) is 19.4 Å². The van der Waals surface area contributed by atoms with Crippen molar-refractivity contribution < 1.29 is 4.79 Å². The molecule has 2 N–H and O–H groups in total. The summed E-state index contributed by atoms with van der Waals surface area (Å²) in [6.07, 6.45) is 3.11. The van der Waals surface area contributed by atoms with Crippen molar-refractivity contribution in [2.24, 2.45) is 5.73 Å². The van der Waals surface area contributed by atoms with E-state index < -0.39 is 0 Å². The minimum Gasteiger partial charge on any atom is -0.393 e. The highest BCUT2D eigenvalue weighted by Gasteiger charge is 2.07. The first-order valence-electron chi connectivity index (χ1n) is 4.60. The fraction of sp³-hybridized carbons (Fsp3) is 0.778. The van der Waals surface area contributed by atoms with Gasteiger partial charge in [-0.1, -0.05) is 25.6 Å². The van der Waals surface area contributed by atoms with E-state index in [1.54, 1.807) is 4.90 Å². The molecule has 0 aromatic rings. The number of rotatable bonds is 6. The van der Waals surface area contributed by atoms with E-state index in [4.69, 9.17) is 18.0 Å². The second kappa shape index (κ2) is 6.83. The lowest BCUT2D eigenvalue weighted by molar-refractivity contribution is -0.129. The average Bonchev–Trinajstić information content (AvgIpc) is 2.10. The predicted molar refractivity (Wildman–Crippen MR) is 58.6 cm³/mol. The molecule has 3 nitrogen and oxygen atoms in total. The van der Waals surface area contributed by atoms with Gasteiger partial charge in [0.1, 0.15) is 0 Å². The molecule has 0 rings (SSSR count). The standard InChI is InChI=1S/C9H18N2OS/c1-3-4-7-11(2)9(12)6-5-8(10)13/h3-7H2,1-2H3,(H2,10,13). The van der Waals surface area contributed by atoms with Crippen LogP contribution in [0.25, 0.3) is 0 Å². The molecule has 0 saturated heterocycles. The number of nitrogens with two attached hydrogens (primary N) is 1. The van der Waals surface area contributed by atoms with Gasteiger partial charge in [-0.2, -0.15) is 0 Å². The van der Waals surface area contributed by atoms with Crippen LogP contribution in [0.1, 0.15) is 32.6 Å². The smallest absolute Gasteiger partial charge is 0.222 e. The van der Waals surface area contributed by atoms with Crippen molar-refractivity contribution in [2.45, 2.75) is 32.6 Å². The van der Waals surface area contributed by atoms with E-state index in [1.165, 1.54) is 0 Å². The Morgan fingerprint density at radius 3 is 2.54 bits per heavy atom. The molecule has 0 fully saturated rings. The van der Waals surface area contributed by atoms with Crippen molar-refractivity contribution >= 4 is 23.1 Å². The average molecular weight is 202 g/mol. The van der Waals surface area contributed by atoms with Gasteiger partial charge in [0, 0.05) is 26.4 Å². The molecule has 0 atom stereocenters. The largest absolute Gasteiger partial charge is 0.393 e. The molecule has 0 aliphatic heterocycles. The molecule has 0 saturated carbocycles. The molecule has 1 amide bonds. The molecular formula is C9H18N2OS. The van der Waals surface area contributed by atoms with Crippen molar-refractivity contribution in [3.05, 3.63) is 0 Å². The van der Waals surface area contributed by atoms with E-state index in [-0.39, 0.29) is 5.91 Å². The minimum atomic E-state index is 0.126. The predicted octanol–water partition coefficient (Wildman–Crippen LogP) is 1.31. The van der Waals surface area contributed by atoms with Crippen LogP contribution in [-0.2, 0) is 4.79 Å². The maximum atomic E-state index is 11.4. The van der Waals surface area contributed by atoms with Crippen molar-refractivity contribution in [3.63, 3.8) is 0 Å². The molecule has 76 valence electrons. The zero-order chi connectivity index (χ0) is 10.3. The summed E-state index contributed by atoms with van der Waals surface area (Å²) in [5.41, 5.74) is 5.30. The van der Waals surface area contributed by atoms with Gasteiger partial charge in [0.25, 0.3) is 0 Å². The van der Waals surface area contributed by atoms with E-state index in [0.29, 0.717) is 17.8 Å². The number of unbranched alkanes of at least 4 members (excludes halogenated alkanes) is 1. The highest BCUT2D eigenvalue weighted by atomic mass is 32.1. The molecule has 0 radical (unpaired) electrons. The summed E-state index contributed by atoms with van der Waals surface area (Å²) < 4.78 is 0. The number of amides is 1. The summed E-state index contributed by atoms with van der Waals surface area (Å²) in [7, 11) is 1.82. The van der Waals surface area contributed by atoms with Gasteiger partial charge in [0.15, 0.2) is 0 Å². The van der Waals surface area contributed by atoms with Crippen LogP contribution in [0.5, 0.6) is 0 Å². The van der Waals surface area contributed by atoms with Crippen LogP contribution in [0, 0.1) is 0 Å². The molecule has 0 aromatic carbocycles. The molecule has 0 aliphatic rings. The Hall–Kier alpha value is -0.640. The lowest BCUT2D eigenvalue weighted by Gasteiger charge is -2.16. The molecular weight excluding hydrogens is 184 g/mol. The van der Waals surface area contributed by atoms with Gasteiger partial charge in [-0.15, -0.1) is 0 Å². The second-order valence-corrected chi connectivity index (χ2v) is 3.66. The molecule has 0 heterocycles. The van der Waals surface area contributed by atoms with Crippen molar-refractivity contribution in [2.75, 3.05) is 13.6 Å². The molecule has 0 bridgehead atoms. The van der Waals surface area contributed by atoms with Crippen LogP contribution in [-0.4, -0.2) is 29.4 Å². The van der Waals surface area contributed by atoms with Gasteiger partial charge < -0.3 is 10.6 Å². The Kier molecular flexibility index (Phi) is 6.49. The molecule has 13 heavy (non-hydrogen) atoms. The first kappa shape index (κ1) is 12.4. The van der Waals surface area contributed by atoms with Crippen LogP contribution in [0.2, 0.25) is 0 Å². The first-order chi connectivity index (χ1) is 6.07. The van der Waals surface area contributed by atoms with Crippen LogP contribution in [0.15, 0.2) is 0 Å². The van der Waals surface area contributed by atoms with E-state index >= 15 is 0 Å². The third-order valence-electron chi connectivity index (χ3n) is 1.86. The number of thiocarbonyl (C=S) groups is 1. The zero-order valence-electron chi connectivity index (χ0n) is 8.38. The molecule has 0 unspecified atom stereocenters. The summed E-state index contributed by atoms with van der Waals surface area (Å²) in [4.78, 5) is 13.5. The lowest BCUT2D eigenvalue weighted by Crippen LogP contribution is -2.28. The van der Waals surface area contributed by atoms with Gasteiger partial charge in [-0.3, -0.25) is 4.79 Å². The number of hydrogen-bond acceptors (Lipinski definition) is 2. The van der Waals surface area contributed by atoms with E-state index in [9.17, 15) is 4.79 Å². The summed E-state index contributed by atoms with van der Waals surface area (Å²) >= 11 is 4.69. The summed E-state index contributed by atoms with van der Waals surface area (Å²) in [5.74, 6) is 0.126. The highest BCUT2D eigenvalue weighted by Crippen LogP contribution is 1.98. The topological polar surface area (TPSA) is 46.3 Å². The number of nitrogens with zero attached hydrogens (tertiary/aromatic N) is 1. The SMILES string of the molecule is CCCCN(C)C(=O)CCC(N)=S. The quantitative estimate of drug-likeness (QED) is 0.661. The Bertz CT molecular complexity index is 182. The normalized spacial score (nSPS) is 9.69. The molecule has 0 aromatic heterocycles. The van der Waals surface area contributed by atoms with Crippen molar-refractivity contribution in [1.82, 2.24) is 4.90 Å². The lowest BCUT2D eigenvalue weighted by atomic mass is 10.2. The monoisotopic (exact) mass is 202 g/mol. The third-order valence-corrected chi connectivity index (χ3v) is 2.06. The maximum Gasteiger partial charge on any atom is 0.222 e.